The van der Waals surface area contributed by atoms with Crippen LogP contribution in [0.15, 0.2) is 24.3 Å². The maximum Gasteiger partial charge on any atom is 0.326 e. The maximum atomic E-state index is 13.6. The summed E-state index contributed by atoms with van der Waals surface area (Å²) in [5.41, 5.74) is 0.350. The van der Waals surface area contributed by atoms with Gasteiger partial charge in [0.15, 0.2) is 0 Å². The molecule has 116 valence electrons. The summed E-state index contributed by atoms with van der Waals surface area (Å²) in [5.74, 6) is -1.37. The Hall–Kier alpha value is -2.11. The van der Waals surface area contributed by atoms with Gasteiger partial charge in [-0.05, 0) is 25.3 Å². The van der Waals surface area contributed by atoms with E-state index in [2.05, 4.69) is 10.6 Å². The molecule has 0 aromatic heterocycles. The second-order valence-electron chi connectivity index (χ2n) is 5.38. The van der Waals surface area contributed by atoms with Crippen LogP contribution >= 0.6 is 0 Å². The fourth-order valence-corrected chi connectivity index (χ4v) is 1.99. The zero-order valence-corrected chi connectivity index (χ0v) is 12.4. The largest absolute Gasteiger partial charge is 0.480 e. The summed E-state index contributed by atoms with van der Waals surface area (Å²) >= 11 is 0. The van der Waals surface area contributed by atoms with Crippen molar-refractivity contribution in [3.05, 3.63) is 35.6 Å². The summed E-state index contributed by atoms with van der Waals surface area (Å²) in [6.07, 6.45) is 0.330. The van der Waals surface area contributed by atoms with Gasteiger partial charge in [0, 0.05) is 5.56 Å². The van der Waals surface area contributed by atoms with E-state index in [-0.39, 0.29) is 5.92 Å². The number of amides is 2. The van der Waals surface area contributed by atoms with Crippen molar-refractivity contribution >= 4 is 12.0 Å². The fraction of sp³-hybridized carbons (Fsp3) is 0.467. The van der Waals surface area contributed by atoms with Crippen LogP contribution in [0, 0.1) is 11.7 Å². The first kappa shape index (κ1) is 16.9. The standard InChI is InChI=1S/C15H21FN2O3/c1-9(2)8-13(14(19)20)18-15(21)17-10(3)11-6-4-5-7-12(11)16/h4-7,9-10,13H,8H2,1-3H3,(H,19,20)(H2,17,18,21)/t10?,13-/m0/s1. The molecule has 0 bridgehead atoms. The molecule has 5 nitrogen and oxygen atoms in total. The van der Waals surface area contributed by atoms with E-state index < -0.39 is 29.9 Å². The number of hydrogen-bond acceptors (Lipinski definition) is 2. The Morgan fingerprint density at radius 1 is 1.19 bits per heavy atom. The van der Waals surface area contributed by atoms with Crippen molar-refractivity contribution in [3.63, 3.8) is 0 Å². The first-order valence-electron chi connectivity index (χ1n) is 6.85. The molecule has 0 heterocycles. The lowest BCUT2D eigenvalue weighted by atomic mass is 10.0. The molecular weight excluding hydrogens is 275 g/mol. The number of carbonyl (C=O) groups is 2. The molecule has 0 saturated heterocycles. The average Bonchev–Trinajstić information content (AvgIpc) is 2.37. The second-order valence-corrected chi connectivity index (χ2v) is 5.38. The van der Waals surface area contributed by atoms with Gasteiger partial charge in [-0.1, -0.05) is 32.0 Å². The first-order chi connectivity index (χ1) is 9.81. The molecule has 0 aliphatic rings. The SMILES string of the molecule is CC(C)C[C@H](NC(=O)NC(C)c1ccccc1F)C(=O)O. The monoisotopic (exact) mass is 296 g/mol. The molecule has 1 aromatic carbocycles. The molecule has 0 fully saturated rings. The number of halogens is 1. The quantitative estimate of drug-likeness (QED) is 0.755. The van der Waals surface area contributed by atoms with E-state index in [0.29, 0.717) is 12.0 Å². The highest BCUT2D eigenvalue weighted by Gasteiger charge is 2.22. The van der Waals surface area contributed by atoms with Crippen molar-refractivity contribution in [2.75, 3.05) is 0 Å². The van der Waals surface area contributed by atoms with E-state index >= 15 is 0 Å². The maximum absolute atomic E-state index is 13.6. The third-order valence-corrected chi connectivity index (χ3v) is 3.03. The van der Waals surface area contributed by atoms with E-state index in [1.165, 1.54) is 6.07 Å². The number of carbonyl (C=O) groups excluding carboxylic acids is 1. The van der Waals surface area contributed by atoms with Crippen LogP contribution in [0.4, 0.5) is 9.18 Å². The van der Waals surface area contributed by atoms with Crippen molar-refractivity contribution < 1.29 is 19.1 Å². The number of aliphatic carboxylic acids is 1. The Kier molecular flexibility index (Phi) is 6.14. The third-order valence-electron chi connectivity index (χ3n) is 3.03. The molecule has 1 unspecified atom stereocenters. The van der Waals surface area contributed by atoms with Gasteiger partial charge in [-0.15, -0.1) is 0 Å². The second kappa shape index (κ2) is 7.61. The molecule has 3 N–H and O–H groups in total. The summed E-state index contributed by atoms with van der Waals surface area (Å²) < 4.78 is 13.6. The summed E-state index contributed by atoms with van der Waals surface area (Å²) in [6.45, 7) is 5.38. The van der Waals surface area contributed by atoms with Crippen LogP contribution in [0.2, 0.25) is 0 Å². The highest BCUT2D eigenvalue weighted by atomic mass is 19.1. The zero-order valence-electron chi connectivity index (χ0n) is 12.4. The van der Waals surface area contributed by atoms with E-state index in [9.17, 15) is 14.0 Å². The van der Waals surface area contributed by atoms with E-state index in [1.807, 2.05) is 13.8 Å². The number of benzene rings is 1. The highest BCUT2D eigenvalue weighted by molar-refractivity contribution is 5.82. The van der Waals surface area contributed by atoms with Crippen LogP contribution in [0.5, 0.6) is 0 Å². The molecule has 0 spiro atoms. The van der Waals surface area contributed by atoms with E-state index in [4.69, 9.17) is 5.11 Å². The van der Waals surface area contributed by atoms with Crippen molar-refractivity contribution in [3.8, 4) is 0 Å². The number of urea groups is 1. The lowest BCUT2D eigenvalue weighted by Gasteiger charge is -2.20. The van der Waals surface area contributed by atoms with Gasteiger partial charge in [-0.2, -0.15) is 0 Å². The minimum Gasteiger partial charge on any atom is -0.480 e. The van der Waals surface area contributed by atoms with E-state index in [0.717, 1.165) is 0 Å². The Bertz CT molecular complexity index is 505. The molecule has 0 radical (unpaired) electrons. The number of nitrogens with one attached hydrogen (secondary N) is 2. The summed E-state index contributed by atoms with van der Waals surface area (Å²) in [4.78, 5) is 22.9. The van der Waals surface area contributed by atoms with E-state index in [1.54, 1.807) is 25.1 Å². The molecule has 2 amide bonds. The first-order valence-corrected chi connectivity index (χ1v) is 6.85. The number of rotatable bonds is 6. The minimum atomic E-state index is -1.09. The van der Waals surface area contributed by atoms with Gasteiger partial charge in [0.25, 0.3) is 0 Å². The van der Waals surface area contributed by atoms with Gasteiger partial charge in [0.1, 0.15) is 11.9 Å². The van der Waals surface area contributed by atoms with Crippen molar-refractivity contribution in [1.29, 1.82) is 0 Å². The molecule has 0 saturated carbocycles. The summed E-state index contributed by atoms with van der Waals surface area (Å²) in [7, 11) is 0. The van der Waals surface area contributed by atoms with Gasteiger partial charge in [0.2, 0.25) is 0 Å². The van der Waals surface area contributed by atoms with Crippen LogP contribution < -0.4 is 10.6 Å². The van der Waals surface area contributed by atoms with Crippen LogP contribution in [0.25, 0.3) is 0 Å². The van der Waals surface area contributed by atoms with Gasteiger partial charge in [-0.3, -0.25) is 0 Å². The number of carboxylic acids is 1. The van der Waals surface area contributed by atoms with Gasteiger partial charge in [0.05, 0.1) is 6.04 Å². The van der Waals surface area contributed by atoms with Gasteiger partial charge in [-0.25, -0.2) is 14.0 Å². The van der Waals surface area contributed by atoms with Crippen LogP contribution in [-0.4, -0.2) is 23.1 Å². The molecule has 0 aliphatic carbocycles. The summed E-state index contributed by atoms with van der Waals surface area (Å²) in [5, 5.41) is 14.0. The third kappa shape index (κ3) is 5.41. The Labute approximate surface area is 123 Å². The smallest absolute Gasteiger partial charge is 0.326 e. The molecular formula is C15H21FN2O3. The average molecular weight is 296 g/mol. The topological polar surface area (TPSA) is 78.4 Å². The molecule has 21 heavy (non-hydrogen) atoms. The number of hydrogen-bond donors (Lipinski definition) is 3. The van der Waals surface area contributed by atoms with Crippen molar-refractivity contribution in [2.24, 2.45) is 5.92 Å². The predicted octanol–water partition coefficient (Wildman–Crippen LogP) is 2.69. The molecule has 6 heteroatoms. The molecule has 2 atom stereocenters. The van der Waals surface area contributed by atoms with Crippen LogP contribution in [-0.2, 0) is 4.79 Å². The van der Waals surface area contributed by atoms with Crippen LogP contribution in [0.1, 0.15) is 38.8 Å². The lowest BCUT2D eigenvalue weighted by Crippen LogP contribution is -2.47. The molecule has 1 aromatic rings. The molecule has 0 aliphatic heterocycles. The van der Waals surface area contributed by atoms with Gasteiger partial charge < -0.3 is 15.7 Å². The zero-order chi connectivity index (χ0) is 16.0. The van der Waals surface area contributed by atoms with Crippen molar-refractivity contribution in [1.82, 2.24) is 10.6 Å². The Balaban J connectivity index is 2.64. The fourth-order valence-electron chi connectivity index (χ4n) is 1.99. The van der Waals surface area contributed by atoms with Crippen molar-refractivity contribution in [2.45, 2.75) is 39.3 Å². The molecule has 1 rings (SSSR count). The number of carboxylic acid groups (broad SMARTS) is 1. The normalized spacial score (nSPS) is 13.6. The minimum absolute atomic E-state index is 0.135. The highest BCUT2D eigenvalue weighted by Crippen LogP contribution is 2.15. The predicted molar refractivity (Wildman–Crippen MR) is 77.4 cm³/mol. The van der Waals surface area contributed by atoms with Crippen LogP contribution in [0.3, 0.4) is 0 Å². The van der Waals surface area contributed by atoms with Gasteiger partial charge >= 0.3 is 12.0 Å². The Morgan fingerprint density at radius 3 is 2.33 bits per heavy atom. The lowest BCUT2D eigenvalue weighted by molar-refractivity contribution is -0.139. The summed E-state index contributed by atoms with van der Waals surface area (Å²) in [6, 6.07) is 3.98. The Morgan fingerprint density at radius 2 is 1.81 bits per heavy atom.